The van der Waals surface area contributed by atoms with Crippen LogP contribution in [0.25, 0.3) is 10.2 Å². The highest BCUT2D eigenvalue weighted by atomic mass is 32.1. The molecule has 29 heavy (non-hydrogen) atoms. The Morgan fingerprint density at radius 2 is 1.93 bits per heavy atom. The molecule has 1 aromatic carbocycles. The Morgan fingerprint density at radius 3 is 2.72 bits per heavy atom. The number of piperazine rings is 1. The van der Waals surface area contributed by atoms with Crippen molar-refractivity contribution in [3.63, 3.8) is 0 Å². The molecule has 2 aliphatic rings. The number of benzene rings is 1. The monoisotopic (exact) mass is 406 g/mol. The van der Waals surface area contributed by atoms with Crippen LogP contribution in [-0.4, -0.2) is 41.0 Å². The van der Waals surface area contributed by atoms with Crippen molar-refractivity contribution in [1.29, 1.82) is 0 Å². The summed E-state index contributed by atoms with van der Waals surface area (Å²) in [5.41, 5.74) is 5.74. The van der Waals surface area contributed by atoms with E-state index in [0.717, 1.165) is 38.6 Å². The SMILES string of the molecule is Cc1ccc(CN2CCN(c3ncnc4sc5c(c34)C[C@@H](C)CC5)CC2)c(C)c1. The second kappa shape index (κ2) is 7.69. The number of rotatable bonds is 3. The third-order valence-corrected chi connectivity index (χ3v) is 7.83. The van der Waals surface area contributed by atoms with Crippen molar-refractivity contribution < 1.29 is 0 Å². The van der Waals surface area contributed by atoms with E-state index in [1.165, 1.54) is 57.6 Å². The number of nitrogens with zero attached hydrogens (tertiary/aromatic N) is 4. The first-order valence-corrected chi connectivity index (χ1v) is 11.7. The Balaban J connectivity index is 1.34. The lowest BCUT2D eigenvalue weighted by atomic mass is 9.88. The molecule has 2 aromatic heterocycles. The van der Waals surface area contributed by atoms with Crippen molar-refractivity contribution in [2.24, 2.45) is 5.92 Å². The minimum absolute atomic E-state index is 0.767. The van der Waals surface area contributed by atoms with Crippen molar-refractivity contribution in [2.75, 3.05) is 31.1 Å². The highest BCUT2D eigenvalue weighted by molar-refractivity contribution is 7.19. The normalized spacial score (nSPS) is 20.2. The minimum atomic E-state index is 0.767. The molecule has 152 valence electrons. The number of anilines is 1. The molecular formula is C24H30N4S. The van der Waals surface area contributed by atoms with E-state index in [4.69, 9.17) is 4.98 Å². The van der Waals surface area contributed by atoms with Crippen LogP contribution in [0.5, 0.6) is 0 Å². The van der Waals surface area contributed by atoms with E-state index in [1.807, 2.05) is 11.3 Å². The minimum Gasteiger partial charge on any atom is -0.353 e. The number of aryl methyl sites for hydroxylation is 3. The maximum atomic E-state index is 4.77. The van der Waals surface area contributed by atoms with Crippen LogP contribution >= 0.6 is 11.3 Å². The Hall–Kier alpha value is -1.98. The third-order valence-electron chi connectivity index (χ3n) is 6.63. The van der Waals surface area contributed by atoms with Gasteiger partial charge in [0.15, 0.2) is 0 Å². The van der Waals surface area contributed by atoms with Gasteiger partial charge in [0, 0.05) is 37.6 Å². The molecular weight excluding hydrogens is 376 g/mol. The zero-order valence-electron chi connectivity index (χ0n) is 17.7. The number of hydrogen-bond acceptors (Lipinski definition) is 5. The average molecular weight is 407 g/mol. The van der Waals surface area contributed by atoms with Gasteiger partial charge < -0.3 is 4.90 Å². The van der Waals surface area contributed by atoms with Crippen molar-refractivity contribution >= 4 is 27.4 Å². The number of fused-ring (bicyclic) bond motifs is 3. The van der Waals surface area contributed by atoms with Crippen LogP contribution in [0.1, 0.15) is 40.5 Å². The van der Waals surface area contributed by atoms with Crippen LogP contribution < -0.4 is 4.90 Å². The average Bonchev–Trinajstić information content (AvgIpc) is 3.09. The smallest absolute Gasteiger partial charge is 0.141 e. The number of hydrogen-bond donors (Lipinski definition) is 0. The highest BCUT2D eigenvalue weighted by Crippen LogP contribution is 2.40. The summed E-state index contributed by atoms with van der Waals surface area (Å²) in [6, 6.07) is 6.82. The zero-order valence-corrected chi connectivity index (χ0v) is 18.6. The van der Waals surface area contributed by atoms with Crippen LogP contribution in [-0.2, 0) is 19.4 Å². The molecule has 3 heterocycles. The topological polar surface area (TPSA) is 32.3 Å². The van der Waals surface area contributed by atoms with E-state index in [9.17, 15) is 0 Å². The Bertz CT molecular complexity index is 1030. The van der Waals surface area contributed by atoms with Crippen molar-refractivity contribution in [2.45, 2.75) is 46.6 Å². The first-order chi connectivity index (χ1) is 14.1. The first-order valence-electron chi connectivity index (χ1n) is 10.9. The standard InChI is InChI=1S/C24H30N4S/c1-16-4-6-19(18(3)12-16)14-27-8-10-28(11-9-27)23-22-20-13-17(2)5-7-21(20)29-24(22)26-15-25-23/h4,6,12,15,17H,5,7-11,13-14H2,1-3H3/t17-/m0/s1. The number of thiophene rings is 1. The van der Waals surface area contributed by atoms with Gasteiger partial charge in [-0.25, -0.2) is 9.97 Å². The summed E-state index contributed by atoms with van der Waals surface area (Å²) in [5, 5.41) is 1.35. The van der Waals surface area contributed by atoms with Gasteiger partial charge in [-0.1, -0.05) is 30.7 Å². The maximum absolute atomic E-state index is 4.77. The van der Waals surface area contributed by atoms with Gasteiger partial charge in [0.05, 0.1) is 5.39 Å². The maximum Gasteiger partial charge on any atom is 0.141 e. The molecule has 4 nitrogen and oxygen atoms in total. The zero-order chi connectivity index (χ0) is 20.0. The van der Waals surface area contributed by atoms with Gasteiger partial charge in [-0.05, 0) is 55.7 Å². The second-order valence-electron chi connectivity index (χ2n) is 8.92. The molecule has 1 aliphatic carbocycles. The third kappa shape index (κ3) is 3.66. The van der Waals surface area contributed by atoms with E-state index < -0.39 is 0 Å². The van der Waals surface area contributed by atoms with Crippen LogP contribution in [0, 0.1) is 19.8 Å². The lowest BCUT2D eigenvalue weighted by molar-refractivity contribution is 0.249. The summed E-state index contributed by atoms with van der Waals surface area (Å²) in [5.74, 6) is 1.94. The van der Waals surface area contributed by atoms with Crippen molar-refractivity contribution in [1.82, 2.24) is 14.9 Å². The quantitative estimate of drug-likeness (QED) is 0.628. The lowest BCUT2D eigenvalue weighted by Crippen LogP contribution is -2.46. The Labute approximate surface area is 177 Å². The molecule has 5 rings (SSSR count). The van der Waals surface area contributed by atoms with Gasteiger partial charge in [-0.2, -0.15) is 0 Å². The highest BCUT2D eigenvalue weighted by Gasteiger charge is 2.26. The summed E-state index contributed by atoms with van der Waals surface area (Å²) >= 11 is 1.90. The molecule has 0 bridgehead atoms. The van der Waals surface area contributed by atoms with Crippen LogP contribution in [0.4, 0.5) is 5.82 Å². The Morgan fingerprint density at radius 1 is 1.10 bits per heavy atom. The van der Waals surface area contributed by atoms with Crippen LogP contribution in [0.15, 0.2) is 24.5 Å². The van der Waals surface area contributed by atoms with E-state index >= 15 is 0 Å². The molecule has 0 unspecified atom stereocenters. The predicted octanol–water partition coefficient (Wildman–Crippen LogP) is 4.76. The molecule has 0 radical (unpaired) electrons. The van der Waals surface area contributed by atoms with Gasteiger partial charge in [0.2, 0.25) is 0 Å². The van der Waals surface area contributed by atoms with Crippen LogP contribution in [0.3, 0.4) is 0 Å². The van der Waals surface area contributed by atoms with E-state index in [-0.39, 0.29) is 0 Å². The summed E-state index contributed by atoms with van der Waals surface area (Å²) in [6.45, 7) is 12.1. The number of aromatic nitrogens is 2. The van der Waals surface area contributed by atoms with Gasteiger partial charge >= 0.3 is 0 Å². The van der Waals surface area contributed by atoms with E-state index in [2.05, 4.69) is 53.8 Å². The molecule has 1 fully saturated rings. The fourth-order valence-corrected chi connectivity index (χ4v) is 6.07. The summed E-state index contributed by atoms with van der Waals surface area (Å²) in [6.07, 6.45) is 5.47. The summed E-state index contributed by atoms with van der Waals surface area (Å²) in [7, 11) is 0. The fraction of sp³-hybridized carbons (Fsp3) is 0.500. The second-order valence-corrected chi connectivity index (χ2v) is 10.0. The van der Waals surface area contributed by atoms with Crippen LogP contribution in [0.2, 0.25) is 0 Å². The van der Waals surface area contributed by atoms with Crippen molar-refractivity contribution in [3.8, 4) is 0 Å². The summed E-state index contributed by atoms with van der Waals surface area (Å²) in [4.78, 5) is 17.2. The molecule has 0 spiro atoms. The molecule has 0 amide bonds. The lowest BCUT2D eigenvalue weighted by Gasteiger charge is -2.36. The van der Waals surface area contributed by atoms with Gasteiger partial charge in [0.1, 0.15) is 17.0 Å². The van der Waals surface area contributed by atoms with Gasteiger partial charge in [-0.15, -0.1) is 11.3 Å². The molecule has 1 saturated heterocycles. The predicted molar refractivity (Wildman–Crippen MR) is 122 cm³/mol. The molecule has 3 aromatic rings. The summed E-state index contributed by atoms with van der Waals surface area (Å²) < 4.78 is 0. The van der Waals surface area contributed by atoms with Crippen molar-refractivity contribution in [3.05, 3.63) is 51.7 Å². The largest absolute Gasteiger partial charge is 0.353 e. The van der Waals surface area contributed by atoms with E-state index in [0.29, 0.717) is 0 Å². The van der Waals surface area contributed by atoms with Gasteiger partial charge in [0.25, 0.3) is 0 Å². The fourth-order valence-electron chi connectivity index (χ4n) is 4.89. The molecule has 1 aliphatic heterocycles. The first kappa shape index (κ1) is 19.0. The van der Waals surface area contributed by atoms with E-state index in [1.54, 1.807) is 11.2 Å². The Kier molecular flexibility index (Phi) is 5.04. The molecule has 0 saturated carbocycles. The molecule has 1 atom stereocenters. The molecule has 0 N–H and O–H groups in total. The van der Waals surface area contributed by atoms with Gasteiger partial charge in [-0.3, -0.25) is 4.90 Å². The molecule has 5 heteroatoms.